The van der Waals surface area contributed by atoms with Crippen LogP contribution in [0.5, 0.6) is 0 Å². The van der Waals surface area contributed by atoms with Gasteiger partial charge in [-0.2, -0.15) is 0 Å². The molecule has 0 aliphatic heterocycles. The van der Waals surface area contributed by atoms with Crippen molar-refractivity contribution in [3.63, 3.8) is 0 Å². The van der Waals surface area contributed by atoms with Gasteiger partial charge in [0.05, 0.1) is 5.69 Å². The first kappa shape index (κ1) is 14.3. The lowest BCUT2D eigenvalue weighted by molar-refractivity contribution is 0.211. The quantitative estimate of drug-likeness (QED) is 0.820. The first-order chi connectivity index (χ1) is 9.29. The van der Waals surface area contributed by atoms with Gasteiger partial charge in [-0.15, -0.1) is 0 Å². The van der Waals surface area contributed by atoms with Crippen LogP contribution in [0, 0.1) is 0 Å². The van der Waals surface area contributed by atoms with Crippen molar-refractivity contribution in [1.82, 2.24) is 9.88 Å². The molecule has 0 spiro atoms. The lowest BCUT2D eigenvalue weighted by atomic mass is 10.1. The lowest BCUT2D eigenvalue weighted by Crippen LogP contribution is -2.31. The maximum absolute atomic E-state index is 4.67. The van der Waals surface area contributed by atoms with Crippen LogP contribution < -0.4 is 5.32 Å². The molecule has 2 rings (SSSR count). The summed E-state index contributed by atoms with van der Waals surface area (Å²) in [5.41, 5.74) is 1.17. The summed E-state index contributed by atoms with van der Waals surface area (Å²) >= 11 is 0. The van der Waals surface area contributed by atoms with E-state index in [4.69, 9.17) is 0 Å². The molecule has 0 saturated heterocycles. The summed E-state index contributed by atoms with van der Waals surface area (Å²) in [5, 5.41) is 3.28. The summed E-state index contributed by atoms with van der Waals surface area (Å²) in [6, 6.07) is 7.01. The van der Waals surface area contributed by atoms with Crippen molar-refractivity contribution in [1.29, 1.82) is 0 Å². The Balaban J connectivity index is 1.93. The molecule has 0 aromatic carbocycles. The predicted octanol–water partition coefficient (Wildman–Crippen LogP) is 3.67. The van der Waals surface area contributed by atoms with Crippen LogP contribution in [0.2, 0.25) is 0 Å². The Labute approximate surface area is 117 Å². The van der Waals surface area contributed by atoms with Crippen molar-refractivity contribution in [3.05, 3.63) is 23.9 Å². The van der Waals surface area contributed by atoms with Gasteiger partial charge in [-0.1, -0.05) is 31.7 Å². The molecular weight excluding hydrogens is 234 g/mol. The van der Waals surface area contributed by atoms with E-state index in [9.17, 15) is 0 Å². The Kier molecular flexibility index (Phi) is 5.64. The molecule has 1 fully saturated rings. The van der Waals surface area contributed by atoms with Crippen LogP contribution in [0.4, 0.5) is 5.82 Å². The average Bonchev–Trinajstić information content (AvgIpc) is 2.68. The Bertz CT molecular complexity index is 370. The third-order valence-corrected chi connectivity index (χ3v) is 4.02. The Morgan fingerprint density at radius 1 is 1.21 bits per heavy atom. The van der Waals surface area contributed by atoms with E-state index in [0.29, 0.717) is 0 Å². The second-order valence-corrected chi connectivity index (χ2v) is 5.60. The van der Waals surface area contributed by atoms with Gasteiger partial charge in [0.25, 0.3) is 0 Å². The van der Waals surface area contributed by atoms with Crippen molar-refractivity contribution in [3.8, 4) is 0 Å². The second-order valence-electron chi connectivity index (χ2n) is 5.60. The highest BCUT2D eigenvalue weighted by atomic mass is 15.1. The predicted molar refractivity (Wildman–Crippen MR) is 81.4 cm³/mol. The van der Waals surface area contributed by atoms with E-state index >= 15 is 0 Å². The van der Waals surface area contributed by atoms with Gasteiger partial charge in [-0.25, -0.2) is 4.98 Å². The number of nitrogens with zero attached hydrogens (tertiary/aromatic N) is 2. The van der Waals surface area contributed by atoms with Gasteiger partial charge in [-0.05, 0) is 38.9 Å². The fraction of sp³-hybridized carbons (Fsp3) is 0.688. The van der Waals surface area contributed by atoms with Gasteiger partial charge in [0.15, 0.2) is 0 Å². The number of anilines is 1. The van der Waals surface area contributed by atoms with E-state index in [2.05, 4.69) is 41.3 Å². The molecule has 1 aliphatic carbocycles. The Hall–Kier alpha value is -1.09. The zero-order chi connectivity index (χ0) is 13.5. The van der Waals surface area contributed by atoms with E-state index in [-0.39, 0.29) is 0 Å². The highest BCUT2D eigenvalue weighted by Gasteiger charge is 2.17. The largest absolute Gasteiger partial charge is 0.370 e. The van der Waals surface area contributed by atoms with E-state index < -0.39 is 0 Å². The molecule has 0 bridgehead atoms. The molecule has 3 nitrogen and oxygen atoms in total. The molecule has 0 unspecified atom stereocenters. The molecule has 106 valence electrons. The summed E-state index contributed by atoms with van der Waals surface area (Å²) in [5.74, 6) is 0.995. The highest BCUT2D eigenvalue weighted by Crippen LogP contribution is 2.22. The van der Waals surface area contributed by atoms with Crippen LogP contribution in [0.3, 0.4) is 0 Å². The van der Waals surface area contributed by atoms with Crippen LogP contribution in [0.1, 0.15) is 51.1 Å². The first-order valence-electron chi connectivity index (χ1n) is 7.69. The summed E-state index contributed by atoms with van der Waals surface area (Å²) in [6.45, 7) is 3.99. The number of aromatic nitrogens is 1. The van der Waals surface area contributed by atoms with E-state index in [0.717, 1.165) is 24.9 Å². The summed E-state index contributed by atoms with van der Waals surface area (Å²) in [4.78, 5) is 7.16. The minimum absolute atomic E-state index is 0.743. The lowest BCUT2D eigenvalue weighted by Gasteiger charge is -2.26. The summed E-state index contributed by atoms with van der Waals surface area (Å²) in [7, 11) is 2.25. The van der Waals surface area contributed by atoms with Gasteiger partial charge in [0.1, 0.15) is 5.82 Å². The van der Waals surface area contributed by atoms with E-state index in [1.54, 1.807) is 0 Å². The van der Waals surface area contributed by atoms with Gasteiger partial charge < -0.3 is 5.32 Å². The van der Waals surface area contributed by atoms with Crippen molar-refractivity contribution < 1.29 is 0 Å². The van der Waals surface area contributed by atoms with Crippen molar-refractivity contribution in [2.45, 2.75) is 58.0 Å². The molecule has 0 atom stereocenters. The summed E-state index contributed by atoms with van der Waals surface area (Å²) < 4.78 is 0. The minimum atomic E-state index is 0.743. The number of rotatable bonds is 5. The number of hydrogen-bond acceptors (Lipinski definition) is 3. The number of pyridine rings is 1. The summed E-state index contributed by atoms with van der Waals surface area (Å²) in [6.07, 6.45) is 8.31. The fourth-order valence-electron chi connectivity index (χ4n) is 2.93. The topological polar surface area (TPSA) is 28.2 Å². The second kappa shape index (κ2) is 7.49. The van der Waals surface area contributed by atoms with E-state index in [1.807, 2.05) is 6.07 Å². The standard InChI is InChI=1S/C16H27N3/c1-3-17-16-12-8-9-14(18-16)13-19(2)15-10-6-4-5-7-11-15/h8-9,12,15H,3-7,10-11,13H2,1-2H3,(H,17,18). The third-order valence-electron chi connectivity index (χ3n) is 4.02. The van der Waals surface area contributed by atoms with Crippen LogP contribution in [-0.2, 0) is 6.54 Å². The molecule has 1 aliphatic rings. The van der Waals surface area contributed by atoms with Crippen molar-refractivity contribution in [2.75, 3.05) is 18.9 Å². The molecule has 0 radical (unpaired) electrons. The zero-order valence-electron chi connectivity index (χ0n) is 12.4. The maximum Gasteiger partial charge on any atom is 0.126 e. The minimum Gasteiger partial charge on any atom is -0.370 e. The molecule has 1 aromatic rings. The monoisotopic (exact) mass is 261 g/mol. The fourth-order valence-corrected chi connectivity index (χ4v) is 2.93. The molecular formula is C16H27N3. The Morgan fingerprint density at radius 3 is 2.63 bits per heavy atom. The SMILES string of the molecule is CCNc1cccc(CN(C)C2CCCCCC2)n1. The molecule has 1 heterocycles. The molecule has 0 amide bonds. The molecule has 1 aromatic heterocycles. The molecule has 19 heavy (non-hydrogen) atoms. The molecule has 1 saturated carbocycles. The van der Waals surface area contributed by atoms with Gasteiger partial charge in [-0.3, -0.25) is 4.90 Å². The third kappa shape index (κ3) is 4.50. The van der Waals surface area contributed by atoms with E-state index in [1.165, 1.54) is 44.2 Å². The van der Waals surface area contributed by atoms with Crippen molar-refractivity contribution >= 4 is 5.82 Å². The normalized spacial score (nSPS) is 17.4. The van der Waals surface area contributed by atoms with Gasteiger partial charge >= 0.3 is 0 Å². The van der Waals surface area contributed by atoms with Gasteiger partial charge in [0, 0.05) is 19.1 Å². The smallest absolute Gasteiger partial charge is 0.126 e. The van der Waals surface area contributed by atoms with Crippen LogP contribution in [0.25, 0.3) is 0 Å². The number of nitrogens with one attached hydrogen (secondary N) is 1. The maximum atomic E-state index is 4.67. The van der Waals surface area contributed by atoms with Crippen LogP contribution in [0.15, 0.2) is 18.2 Å². The first-order valence-corrected chi connectivity index (χ1v) is 7.69. The average molecular weight is 261 g/mol. The molecule has 1 N–H and O–H groups in total. The van der Waals surface area contributed by atoms with Crippen LogP contribution in [-0.4, -0.2) is 29.5 Å². The molecule has 3 heteroatoms. The van der Waals surface area contributed by atoms with Crippen LogP contribution >= 0.6 is 0 Å². The zero-order valence-corrected chi connectivity index (χ0v) is 12.4. The number of hydrogen-bond donors (Lipinski definition) is 1. The Morgan fingerprint density at radius 2 is 1.95 bits per heavy atom. The highest BCUT2D eigenvalue weighted by molar-refractivity contribution is 5.34. The van der Waals surface area contributed by atoms with Gasteiger partial charge in [0.2, 0.25) is 0 Å². The van der Waals surface area contributed by atoms with Crippen molar-refractivity contribution in [2.24, 2.45) is 0 Å².